The molecule has 1 saturated heterocycles. The lowest BCUT2D eigenvalue weighted by Crippen LogP contribution is -2.39. The number of amides is 1. The molecule has 0 aliphatic carbocycles. The van der Waals surface area contributed by atoms with Crippen molar-refractivity contribution in [3.8, 4) is 5.75 Å². The summed E-state index contributed by atoms with van der Waals surface area (Å²) in [6, 6.07) is 6.30. The molecule has 9 heteroatoms. The maximum Gasteiger partial charge on any atom is 0.355 e. The van der Waals surface area contributed by atoms with Gasteiger partial charge in [-0.15, -0.1) is 11.3 Å². The fraction of sp³-hybridized carbons (Fsp3) is 0.500. The van der Waals surface area contributed by atoms with Crippen molar-refractivity contribution in [3.63, 3.8) is 0 Å². The molecule has 1 amide bonds. The van der Waals surface area contributed by atoms with E-state index < -0.39 is 5.97 Å². The normalized spacial score (nSPS) is 16.6. The van der Waals surface area contributed by atoms with Crippen molar-refractivity contribution in [3.05, 3.63) is 34.8 Å². The van der Waals surface area contributed by atoms with Crippen molar-refractivity contribution in [1.82, 2.24) is 9.88 Å². The number of carbonyl (C=O) groups excluding carboxylic acids is 1. The molecule has 2 aromatic rings. The number of carbonyl (C=O) groups is 2. The van der Waals surface area contributed by atoms with Gasteiger partial charge in [0, 0.05) is 36.7 Å². The number of methoxy groups -OCH3 is 1. The van der Waals surface area contributed by atoms with E-state index in [9.17, 15) is 9.59 Å². The number of nitrogens with one attached hydrogen (secondary N) is 1. The molecule has 3 rings (SSSR count). The lowest BCUT2D eigenvalue weighted by molar-refractivity contribution is -0.128. The van der Waals surface area contributed by atoms with Crippen LogP contribution < -0.4 is 10.1 Å². The summed E-state index contributed by atoms with van der Waals surface area (Å²) in [5.41, 5.74) is 2.26. The van der Waals surface area contributed by atoms with E-state index >= 15 is 0 Å². The summed E-state index contributed by atoms with van der Waals surface area (Å²) in [5.74, 6) is 0.609. The number of thiazole rings is 1. The number of hydrogen-bond donors (Lipinski definition) is 2. The summed E-state index contributed by atoms with van der Waals surface area (Å²) in [4.78, 5) is 29.4. The number of aromatic carboxylic acids is 1. The lowest BCUT2D eigenvalue weighted by atomic mass is 9.87. The number of likely N-dealkylation sites (tertiary alicyclic amines) is 1. The van der Waals surface area contributed by atoms with Crippen molar-refractivity contribution in [2.45, 2.75) is 49.4 Å². The second-order valence-electron chi connectivity index (χ2n) is 8.48. The van der Waals surface area contributed by atoms with E-state index in [0.717, 1.165) is 17.9 Å². The smallest absolute Gasteiger partial charge is 0.355 e. The third kappa shape index (κ3) is 5.92. The molecule has 7 nitrogen and oxygen atoms in total. The molecule has 0 spiro atoms. The van der Waals surface area contributed by atoms with E-state index in [1.165, 1.54) is 34.0 Å². The minimum absolute atomic E-state index is 0.0333. The Morgan fingerprint density at radius 2 is 2.19 bits per heavy atom. The van der Waals surface area contributed by atoms with Crippen LogP contribution in [0.4, 0.5) is 5.69 Å². The van der Waals surface area contributed by atoms with Crippen LogP contribution in [0.25, 0.3) is 0 Å². The average Bonchev–Trinajstić information content (AvgIpc) is 3.33. The number of thioether (sulfide) groups is 1. The van der Waals surface area contributed by atoms with Gasteiger partial charge in [-0.1, -0.05) is 38.6 Å². The van der Waals surface area contributed by atoms with Crippen LogP contribution in [0, 0.1) is 0 Å². The third-order valence-electron chi connectivity index (χ3n) is 5.31. The zero-order valence-electron chi connectivity index (χ0n) is 18.3. The zero-order valence-corrected chi connectivity index (χ0v) is 19.9. The Hall–Kier alpha value is -2.26. The highest BCUT2D eigenvalue weighted by Gasteiger charge is 2.30. The first-order valence-electron chi connectivity index (χ1n) is 10.2. The van der Waals surface area contributed by atoms with Gasteiger partial charge < -0.3 is 20.1 Å². The highest BCUT2D eigenvalue weighted by Crippen LogP contribution is 2.32. The first kappa shape index (κ1) is 23.4. The van der Waals surface area contributed by atoms with E-state index in [1.54, 1.807) is 7.11 Å². The van der Waals surface area contributed by atoms with Gasteiger partial charge in [0.05, 0.1) is 12.8 Å². The number of carboxylic acid groups (broad SMARTS) is 1. The molecule has 2 heterocycles. The number of benzene rings is 1. The lowest BCUT2D eigenvalue weighted by Gasteiger charge is -2.26. The molecular weight excluding hydrogens is 434 g/mol. The Bertz CT molecular complexity index is 939. The molecular formula is C22H29N3O4S2. The van der Waals surface area contributed by atoms with Gasteiger partial charge in [0.2, 0.25) is 5.91 Å². The molecule has 1 aliphatic rings. The molecule has 1 fully saturated rings. The number of anilines is 1. The summed E-state index contributed by atoms with van der Waals surface area (Å²) in [6.45, 7) is 7.79. The molecule has 0 saturated carbocycles. The molecule has 168 valence electrons. The molecule has 31 heavy (non-hydrogen) atoms. The topological polar surface area (TPSA) is 91.8 Å². The van der Waals surface area contributed by atoms with Gasteiger partial charge in [-0.3, -0.25) is 4.79 Å². The number of rotatable bonds is 9. The van der Waals surface area contributed by atoms with Gasteiger partial charge in [0.15, 0.2) is 10.0 Å². The van der Waals surface area contributed by atoms with Gasteiger partial charge >= 0.3 is 5.97 Å². The monoisotopic (exact) mass is 463 g/mol. The van der Waals surface area contributed by atoms with Crippen LogP contribution in [0.15, 0.2) is 27.9 Å². The molecule has 1 aromatic heterocycles. The van der Waals surface area contributed by atoms with Gasteiger partial charge in [-0.05, 0) is 29.5 Å². The van der Waals surface area contributed by atoms with Crippen molar-refractivity contribution in [1.29, 1.82) is 0 Å². The summed E-state index contributed by atoms with van der Waals surface area (Å²) >= 11 is 2.80. The Labute approximate surface area is 191 Å². The first-order valence-corrected chi connectivity index (χ1v) is 12.1. The third-order valence-corrected chi connectivity index (χ3v) is 7.31. The molecule has 0 unspecified atom stereocenters. The highest BCUT2D eigenvalue weighted by molar-refractivity contribution is 8.01. The molecule has 1 aliphatic heterocycles. The number of nitrogens with zero attached hydrogens (tertiary/aromatic N) is 2. The predicted octanol–water partition coefficient (Wildman–Crippen LogP) is 4.34. The first-order chi connectivity index (χ1) is 14.7. The van der Waals surface area contributed by atoms with Gasteiger partial charge in [0.25, 0.3) is 0 Å². The minimum Gasteiger partial charge on any atom is -0.495 e. The van der Waals surface area contributed by atoms with Crippen LogP contribution in [-0.2, 0) is 10.2 Å². The maximum atomic E-state index is 12.4. The van der Waals surface area contributed by atoms with Gasteiger partial charge in [0.1, 0.15) is 5.75 Å². The fourth-order valence-electron chi connectivity index (χ4n) is 3.51. The standard InChI is InChI=1S/C22H29N3O4S2/c1-22(2,3)14-5-7-18(29-4)16(11-14)23-12-15-6-8-19(26)25(15)9-10-30-21-24-17(13-31-21)20(27)28/h5,7,11,13,15,23H,6,8-10,12H2,1-4H3,(H,27,28)/t15-/m1/s1. The SMILES string of the molecule is COc1ccc(C(C)(C)C)cc1NC[C@H]1CCC(=O)N1CCSc1nc(C(=O)O)cs1. The molecule has 2 N–H and O–H groups in total. The van der Waals surface area contributed by atoms with Crippen molar-refractivity contribution in [2.24, 2.45) is 0 Å². The van der Waals surface area contributed by atoms with Crippen LogP contribution in [0.5, 0.6) is 5.75 Å². The van der Waals surface area contributed by atoms with Crippen molar-refractivity contribution >= 4 is 40.7 Å². The van der Waals surface area contributed by atoms with Gasteiger partial charge in [-0.2, -0.15) is 0 Å². The van der Waals surface area contributed by atoms with Crippen molar-refractivity contribution < 1.29 is 19.4 Å². The van der Waals surface area contributed by atoms with E-state index in [1.807, 2.05) is 11.0 Å². The van der Waals surface area contributed by atoms with Crippen LogP contribution in [0.3, 0.4) is 0 Å². The number of aromatic nitrogens is 1. The van der Waals surface area contributed by atoms with E-state index in [-0.39, 0.29) is 23.1 Å². The second kappa shape index (κ2) is 9.91. The molecule has 1 aromatic carbocycles. The van der Waals surface area contributed by atoms with E-state index in [2.05, 4.69) is 43.2 Å². The summed E-state index contributed by atoms with van der Waals surface area (Å²) in [6.07, 6.45) is 1.37. The van der Waals surface area contributed by atoms with Crippen molar-refractivity contribution in [2.75, 3.05) is 31.3 Å². The number of carboxylic acids is 1. The summed E-state index contributed by atoms with van der Waals surface area (Å²) in [7, 11) is 1.66. The van der Waals surface area contributed by atoms with Crippen LogP contribution in [-0.4, -0.2) is 58.9 Å². The summed E-state index contributed by atoms with van der Waals surface area (Å²) < 4.78 is 6.23. The fourth-order valence-corrected chi connectivity index (χ4v) is 5.32. The Morgan fingerprint density at radius 3 is 2.84 bits per heavy atom. The molecule has 0 bridgehead atoms. The van der Waals surface area contributed by atoms with Crippen LogP contribution >= 0.6 is 23.1 Å². The number of ether oxygens (including phenoxy) is 1. The molecule has 1 atom stereocenters. The van der Waals surface area contributed by atoms with Crippen LogP contribution in [0.2, 0.25) is 0 Å². The van der Waals surface area contributed by atoms with Crippen LogP contribution in [0.1, 0.15) is 49.7 Å². The average molecular weight is 464 g/mol. The number of hydrogen-bond acceptors (Lipinski definition) is 7. The predicted molar refractivity (Wildman–Crippen MR) is 125 cm³/mol. The molecule has 0 radical (unpaired) electrons. The maximum absolute atomic E-state index is 12.4. The second-order valence-corrected chi connectivity index (χ2v) is 10.7. The van der Waals surface area contributed by atoms with E-state index in [0.29, 0.717) is 29.6 Å². The largest absolute Gasteiger partial charge is 0.495 e. The zero-order chi connectivity index (χ0) is 22.6. The highest BCUT2D eigenvalue weighted by atomic mass is 32.2. The minimum atomic E-state index is -1.02. The van der Waals surface area contributed by atoms with E-state index in [4.69, 9.17) is 9.84 Å². The Balaban J connectivity index is 1.59. The van der Waals surface area contributed by atoms with Gasteiger partial charge in [-0.25, -0.2) is 9.78 Å². The Morgan fingerprint density at radius 1 is 1.42 bits per heavy atom. The summed E-state index contributed by atoms with van der Waals surface area (Å²) in [5, 5.41) is 14.0. The Kier molecular flexibility index (Phi) is 7.48. The quantitative estimate of drug-likeness (QED) is 0.534.